The number of methoxy groups -OCH3 is 2. The summed E-state index contributed by atoms with van der Waals surface area (Å²) < 4.78 is 43.1. The maximum Gasteiger partial charge on any atom is 0.251 e. The van der Waals surface area contributed by atoms with E-state index in [9.17, 15) is 13.2 Å². The van der Waals surface area contributed by atoms with Gasteiger partial charge in [-0.3, -0.25) is 9.69 Å². The second-order valence-corrected chi connectivity index (χ2v) is 9.38. The molecule has 1 heterocycles. The number of nitrogens with zero attached hydrogens (tertiary/aromatic N) is 1. The number of sulfonamides is 1. The fourth-order valence-electron chi connectivity index (χ4n) is 3.45. The van der Waals surface area contributed by atoms with Gasteiger partial charge < -0.3 is 19.5 Å². The molecule has 0 aliphatic carbocycles. The number of amides is 1. The molecule has 33 heavy (non-hydrogen) atoms. The van der Waals surface area contributed by atoms with Gasteiger partial charge in [-0.2, -0.15) is 0 Å². The minimum atomic E-state index is -3.86. The molecule has 2 N–H and O–H groups in total. The molecule has 3 rings (SSSR count). The fourth-order valence-corrected chi connectivity index (χ4v) is 4.65. The first-order valence-electron chi connectivity index (χ1n) is 10.8. The van der Waals surface area contributed by atoms with Crippen LogP contribution in [0.25, 0.3) is 0 Å². The molecule has 1 amide bonds. The highest BCUT2D eigenvalue weighted by Crippen LogP contribution is 2.25. The first-order valence-corrected chi connectivity index (χ1v) is 12.2. The Labute approximate surface area is 195 Å². The molecule has 0 saturated carbocycles. The number of nitrogens with one attached hydrogen (secondary N) is 2. The summed E-state index contributed by atoms with van der Waals surface area (Å²) in [6, 6.07) is 12.4. The van der Waals surface area contributed by atoms with E-state index in [1.165, 1.54) is 38.0 Å². The van der Waals surface area contributed by atoms with Gasteiger partial charge in [0.15, 0.2) is 0 Å². The maximum atomic E-state index is 12.7. The Balaban J connectivity index is 1.61. The summed E-state index contributed by atoms with van der Waals surface area (Å²) in [6.45, 7) is 4.93. The summed E-state index contributed by atoms with van der Waals surface area (Å²) in [6.07, 6.45) is 0. The third-order valence-corrected chi connectivity index (χ3v) is 6.78. The molecular formula is C23H31N3O6S. The van der Waals surface area contributed by atoms with Crippen LogP contribution in [0.4, 0.5) is 0 Å². The van der Waals surface area contributed by atoms with Gasteiger partial charge in [0.05, 0.1) is 26.9 Å². The number of hydrogen-bond donors (Lipinski definition) is 2. The molecule has 0 spiro atoms. The smallest absolute Gasteiger partial charge is 0.251 e. The molecule has 9 nitrogen and oxygen atoms in total. The lowest BCUT2D eigenvalue weighted by Gasteiger charge is -2.26. The molecule has 0 atom stereocenters. The lowest BCUT2D eigenvalue weighted by molar-refractivity contribution is 0.0342. The molecule has 180 valence electrons. The molecule has 0 bridgehead atoms. The van der Waals surface area contributed by atoms with E-state index in [-0.39, 0.29) is 35.3 Å². The zero-order chi connectivity index (χ0) is 23.7. The van der Waals surface area contributed by atoms with Gasteiger partial charge in [0, 0.05) is 45.4 Å². The Morgan fingerprint density at radius 2 is 1.76 bits per heavy atom. The second kappa shape index (κ2) is 12.1. The SMILES string of the molecule is COCCNS(=O)(=O)c1cc(C(=O)NCc2ccc(CN3CCOCC3)cc2)ccc1OC. The van der Waals surface area contributed by atoms with E-state index in [2.05, 4.69) is 27.1 Å². The minimum absolute atomic E-state index is 0.0961. The zero-order valence-corrected chi connectivity index (χ0v) is 19.8. The Kier molecular flexibility index (Phi) is 9.21. The van der Waals surface area contributed by atoms with Gasteiger partial charge in [0.25, 0.3) is 5.91 Å². The zero-order valence-electron chi connectivity index (χ0n) is 19.0. The Morgan fingerprint density at radius 1 is 1.06 bits per heavy atom. The Bertz CT molecular complexity index is 1020. The van der Waals surface area contributed by atoms with E-state index in [0.717, 1.165) is 38.4 Å². The molecule has 2 aromatic carbocycles. The van der Waals surface area contributed by atoms with Crippen LogP contribution in [0.3, 0.4) is 0 Å². The summed E-state index contributed by atoms with van der Waals surface area (Å²) >= 11 is 0. The van der Waals surface area contributed by atoms with Gasteiger partial charge in [0.2, 0.25) is 10.0 Å². The van der Waals surface area contributed by atoms with Crippen LogP contribution in [-0.4, -0.2) is 72.9 Å². The quantitative estimate of drug-likeness (QED) is 0.471. The second-order valence-electron chi connectivity index (χ2n) is 7.64. The van der Waals surface area contributed by atoms with Crippen molar-refractivity contribution in [2.24, 2.45) is 0 Å². The molecule has 0 unspecified atom stereocenters. The lowest BCUT2D eigenvalue weighted by atomic mass is 10.1. The minimum Gasteiger partial charge on any atom is -0.495 e. The van der Waals surface area contributed by atoms with Crippen LogP contribution < -0.4 is 14.8 Å². The number of rotatable bonds is 11. The molecular weight excluding hydrogens is 446 g/mol. The monoisotopic (exact) mass is 477 g/mol. The Morgan fingerprint density at radius 3 is 2.42 bits per heavy atom. The maximum absolute atomic E-state index is 12.7. The summed E-state index contributed by atoms with van der Waals surface area (Å²) in [5.41, 5.74) is 2.39. The summed E-state index contributed by atoms with van der Waals surface area (Å²) in [4.78, 5) is 14.9. The normalized spacial score (nSPS) is 14.7. The highest BCUT2D eigenvalue weighted by molar-refractivity contribution is 7.89. The van der Waals surface area contributed by atoms with Gasteiger partial charge in [0.1, 0.15) is 10.6 Å². The van der Waals surface area contributed by atoms with Crippen LogP contribution in [0, 0.1) is 0 Å². The van der Waals surface area contributed by atoms with Crippen LogP contribution in [0.2, 0.25) is 0 Å². The van der Waals surface area contributed by atoms with Gasteiger partial charge in [-0.1, -0.05) is 24.3 Å². The third-order valence-electron chi connectivity index (χ3n) is 5.30. The van der Waals surface area contributed by atoms with Crippen molar-refractivity contribution in [1.29, 1.82) is 0 Å². The van der Waals surface area contributed by atoms with Crippen LogP contribution >= 0.6 is 0 Å². The first-order chi connectivity index (χ1) is 15.9. The predicted octanol–water partition coefficient (Wildman–Crippen LogP) is 1.38. The standard InChI is InChI=1S/C23H31N3O6S/c1-30-12-9-25-33(28,29)22-15-20(7-8-21(22)31-2)23(27)24-16-18-3-5-19(6-4-18)17-26-10-13-32-14-11-26/h3-8,15,25H,9-14,16-17H2,1-2H3,(H,24,27). The highest BCUT2D eigenvalue weighted by Gasteiger charge is 2.21. The van der Waals surface area contributed by atoms with Gasteiger partial charge in [-0.25, -0.2) is 13.1 Å². The van der Waals surface area contributed by atoms with Crippen molar-refractivity contribution in [3.63, 3.8) is 0 Å². The van der Waals surface area contributed by atoms with Crippen LogP contribution in [0.5, 0.6) is 5.75 Å². The van der Waals surface area contributed by atoms with Crippen LogP contribution in [0.1, 0.15) is 21.5 Å². The number of carbonyl (C=O) groups excluding carboxylic acids is 1. The molecule has 1 aliphatic heterocycles. The van der Waals surface area contributed by atoms with Crippen molar-refractivity contribution in [2.45, 2.75) is 18.0 Å². The van der Waals surface area contributed by atoms with E-state index in [0.29, 0.717) is 6.54 Å². The summed E-state index contributed by atoms with van der Waals surface area (Å²) in [7, 11) is -0.998. The van der Waals surface area contributed by atoms with Gasteiger partial charge in [-0.05, 0) is 29.3 Å². The highest BCUT2D eigenvalue weighted by atomic mass is 32.2. The average Bonchev–Trinajstić information content (AvgIpc) is 2.83. The average molecular weight is 478 g/mol. The lowest BCUT2D eigenvalue weighted by Crippen LogP contribution is -2.35. The van der Waals surface area contributed by atoms with Gasteiger partial charge >= 0.3 is 0 Å². The number of ether oxygens (including phenoxy) is 3. The predicted molar refractivity (Wildman–Crippen MR) is 124 cm³/mol. The van der Waals surface area contributed by atoms with E-state index >= 15 is 0 Å². The number of morpholine rings is 1. The van der Waals surface area contributed by atoms with E-state index in [1.807, 2.05) is 12.1 Å². The van der Waals surface area contributed by atoms with Crippen LogP contribution in [-0.2, 0) is 32.6 Å². The molecule has 0 aromatic heterocycles. The topological polar surface area (TPSA) is 106 Å². The molecule has 1 fully saturated rings. The van der Waals surface area contributed by atoms with Crippen molar-refractivity contribution in [3.05, 3.63) is 59.2 Å². The van der Waals surface area contributed by atoms with Crippen molar-refractivity contribution >= 4 is 15.9 Å². The van der Waals surface area contributed by atoms with Crippen LogP contribution in [0.15, 0.2) is 47.4 Å². The third kappa shape index (κ3) is 7.24. The van der Waals surface area contributed by atoms with Crippen molar-refractivity contribution in [3.8, 4) is 5.75 Å². The molecule has 1 aliphatic rings. The summed E-state index contributed by atoms with van der Waals surface area (Å²) in [5.74, 6) is -0.212. The number of hydrogen-bond acceptors (Lipinski definition) is 7. The summed E-state index contributed by atoms with van der Waals surface area (Å²) in [5, 5.41) is 2.84. The molecule has 0 radical (unpaired) electrons. The van der Waals surface area contributed by atoms with Crippen molar-refractivity contribution in [1.82, 2.24) is 14.9 Å². The number of benzene rings is 2. The van der Waals surface area contributed by atoms with Crippen molar-refractivity contribution < 1.29 is 27.4 Å². The Hall–Kier alpha value is -2.50. The molecule has 10 heteroatoms. The van der Waals surface area contributed by atoms with E-state index in [4.69, 9.17) is 14.2 Å². The number of carbonyl (C=O) groups is 1. The van der Waals surface area contributed by atoms with Gasteiger partial charge in [-0.15, -0.1) is 0 Å². The molecule has 2 aromatic rings. The van der Waals surface area contributed by atoms with E-state index in [1.54, 1.807) is 0 Å². The first kappa shape index (κ1) is 25.1. The largest absolute Gasteiger partial charge is 0.495 e. The van der Waals surface area contributed by atoms with Crippen molar-refractivity contribution in [2.75, 3.05) is 53.7 Å². The van der Waals surface area contributed by atoms with E-state index < -0.39 is 10.0 Å². The molecule has 1 saturated heterocycles. The fraction of sp³-hybridized carbons (Fsp3) is 0.435.